The number of alkyl halides is 6. The molecule has 4 aromatic carbocycles. The molecule has 63 heavy (non-hydrogen) atoms. The van der Waals surface area contributed by atoms with Crippen LogP contribution in [-0.2, 0) is 26.6 Å². The van der Waals surface area contributed by atoms with Crippen molar-refractivity contribution >= 4 is 34.9 Å². The fourth-order valence-electron chi connectivity index (χ4n) is 6.89. The van der Waals surface area contributed by atoms with E-state index in [0.717, 1.165) is 47.5 Å². The minimum atomic E-state index is -4.69. The summed E-state index contributed by atoms with van der Waals surface area (Å²) in [6, 6.07) is 20.6. The predicted molar refractivity (Wildman–Crippen MR) is 221 cm³/mol. The summed E-state index contributed by atoms with van der Waals surface area (Å²) in [6.07, 6.45) is -18.8. The molecule has 0 aliphatic carbocycles. The Hall–Kier alpha value is -6.01. The monoisotopic (exact) mass is 889 g/mol. The van der Waals surface area contributed by atoms with E-state index in [2.05, 4.69) is 30.9 Å². The standard InChI is InChI=1S/C41H45F6N9O7/c42-40(43,44)23-8-4-10-26(16-23)52-37(48)54-28-20-61-29(18-57)31(55-38(49)51-25-14-12-22(13-15-25)21-6-2-1-3-7-21)35(28)63-36-32(34(60)33(59)30(19-58)62-36)56-39(50)53-27-11-5-9-24(17-27)41(45,46)47/h1-17,28-36,57-60H,18-20H2,(H3,48,52,54)(H3,49,51,55)(H3,50,53,56)/t28-,29+,30+,31-,32+,33+,34+,35+,36-/m0/s1. The lowest BCUT2D eigenvalue weighted by Gasteiger charge is -2.45. The molecule has 0 bridgehead atoms. The van der Waals surface area contributed by atoms with E-state index < -0.39 is 104 Å². The Bertz CT molecular complexity index is 2240. The Morgan fingerprint density at radius 1 is 0.619 bits per heavy atom. The lowest BCUT2D eigenvalue weighted by Crippen LogP contribution is -2.62. The second-order valence-electron chi connectivity index (χ2n) is 14.4. The van der Waals surface area contributed by atoms with Gasteiger partial charge in [-0.3, -0.25) is 0 Å². The Labute approximate surface area is 356 Å². The molecule has 0 saturated carbocycles. The van der Waals surface area contributed by atoms with Crippen molar-refractivity contribution in [3.8, 4) is 11.1 Å². The molecular weight excluding hydrogens is 844 g/mol. The number of hydrogen-bond acceptors (Lipinski definition) is 10. The Morgan fingerprint density at radius 2 is 1.13 bits per heavy atom. The third-order valence-corrected chi connectivity index (χ3v) is 9.97. The van der Waals surface area contributed by atoms with Gasteiger partial charge >= 0.3 is 12.4 Å². The van der Waals surface area contributed by atoms with Crippen molar-refractivity contribution in [2.24, 2.45) is 32.2 Å². The summed E-state index contributed by atoms with van der Waals surface area (Å²) in [6.45, 7) is -1.85. The lowest BCUT2D eigenvalue weighted by atomic mass is 9.94. The van der Waals surface area contributed by atoms with Crippen LogP contribution in [0.5, 0.6) is 0 Å². The third-order valence-electron chi connectivity index (χ3n) is 9.97. The zero-order valence-corrected chi connectivity index (χ0v) is 33.0. The summed E-state index contributed by atoms with van der Waals surface area (Å²) in [5, 5.41) is 50.8. The number of nitrogens with two attached hydrogens (primary N) is 3. The van der Waals surface area contributed by atoms with Crippen LogP contribution in [0.2, 0.25) is 0 Å². The molecule has 0 amide bonds. The van der Waals surface area contributed by atoms with Crippen molar-refractivity contribution in [3.05, 3.63) is 114 Å². The van der Waals surface area contributed by atoms with Crippen molar-refractivity contribution in [2.45, 2.75) is 67.3 Å². The molecule has 22 heteroatoms. The largest absolute Gasteiger partial charge is 0.416 e. The van der Waals surface area contributed by atoms with Gasteiger partial charge in [-0.15, -0.1) is 0 Å². The number of benzene rings is 4. The van der Waals surface area contributed by atoms with Crippen LogP contribution < -0.4 is 33.2 Å². The first-order chi connectivity index (χ1) is 29.9. The highest BCUT2D eigenvalue weighted by molar-refractivity contribution is 5.94. The smallest absolute Gasteiger partial charge is 0.394 e. The number of halogens is 6. The van der Waals surface area contributed by atoms with Gasteiger partial charge in [-0.2, -0.15) is 26.3 Å². The van der Waals surface area contributed by atoms with Crippen molar-refractivity contribution in [1.82, 2.24) is 0 Å². The molecule has 13 N–H and O–H groups in total. The first-order valence-corrected chi connectivity index (χ1v) is 19.2. The number of aliphatic hydroxyl groups excluding tert-OH is 4. The number of anilines is 3. The zero-order valence-electron chi connectivity index (χ0n) is 33.0. The molecular formula is C41H45F6N9O7. The predicted octanol–water partition coefficient (Wildman–Crippen LogP) is 3.29. The number of guanidine groups is 3. The van der Waals surface area contributed by atoms with Crippen LogP contribution >= 0.6 is 0 Å². The molecule has 2 aliphatic rings. The van der Waals surface area contributed by atoms with E-state index in [1.165, 1.54) is 12.1 Å². The number of aliphatic imine (C=N–C) groups is 3. The third kappa shape index (κ3) is 11.9. The van der Waals surface area contributed by atoms with Gasteiger partial charge in [0.25, 0.3) is 0 Å². The molecule has 6 rings (SSSR count). The van der Waals surface area contributed by atoms with Gasteiger partial charge in [-0.05, 0) is 59.7 Å². The number of ether oxygens (including phenoxy) is 3. The van der Waals surface area contributed by atoms with Crippen molar-refractivity contribution in [2.75, 3.05) is 35.8 Å². The van der Waals surface area contributed by atoms with E-state index in [1.807, 2.05) is 42.5 Å². The normalized spacial score (nSPS) is 26.3. The number of nitrogens with one attached hydrogen (secondary N) is 3. The maximum absolute atomic E-state index is 13.5. The number of aliphatic hydroxyl groups is 4. The van der Waals surface area contributed by atoms with Gasteiger partial charge < -0.3 is 67.8 Å². The van der Waals surface area contributed by atoms with E-state index in [0.29, 0.717) is 5.69 Å². The summed E-state index contributed by atoms with van der Waals surface area (Å²) in [5.41, 5.74) is 18.9. The van der Waals surface area contributed by atoms with Gasteiger partial charge in [0.15, 0.2) is 24.2 Å². The summed E-state index contributed by atoms with van der Waals surface area (Å²) < 4.78 is 99.0. The Kier molecular flexibility index (Phi) is 14.8. The molecule has 0 spiro atoms. The van der Waals surface area contributed by atoms with Crippen LogP contribution in [0.3, 0.4) is 0 Å². The second-order valence-corrected chi connectivity index (χ2v) is 14.4. The van der Waals surface area contributed by atoms with Gasteiger partial charge in [0, 0.05) is 17.1 Å². The van der Waals surface area contributed by atoms with Gasteiger partial charge in [-0.25, -0.2) is 15.0 Å². The highest BCUT2D eigenvalue weighted by atomic mass is 19.4. The van der Waals surface area contributed by atoms with E-state index in [-0.39, 0.29) is 23.9 Å². The van der Waals surface area contributed by atoms with E-state index >= 15 is 0 Å². The molecule has 2 heterocycles. The molecule has 2 aliphatic heterocycles. The van der Waals surface area contributed by atoms with E-state index in [4.69, 9.17) is 31.4 Å². The minimum Gasteiger partial charge on any atom is -0.394 e. The van der Waals surface area contributed by atoms with E-state index in [1.54, 1.807) is 12.1 Å². The summed E-state index contributed by atoms with van der Waals surface area (Å²) >= 11 is 0. The number of rotatable bonds is 11. The molecule has 2 fully saturated rings. The first-order valence-electron chi connectivity index (χ1n) is 19.2. The average Bonchev–Trinajstić information content (AvgIpc) is 3.24. The van der Waals surface area contributed by atoms with E-state index in [9.17, 15) is 46.8 Å². The summed E-state index contributed by atoms with van der Waals surface area (Å²) in [4.78, 5) is 13.2. The topological polar surface area (TPSA) is 260 Å². The minimum absolute atomic E-state index is 0.0773. The molecule has 338 valence electrons. The van der Waals surface area contributed by atoms with Crippen molar-refractivity contribution < 1.29 is 61.0 Å². The zero-order chi connectivity index (χ0) is 45.5. The van der Waals surface area contributed by atoms with Gasteiger partial charge in [0.1, 0.15) is 48.6 Å². The number of nitrogens with zero attached hydrogens (tertiary/aromatic N) is 3. The molecule has 16 nitrogen and oxygen atoms in total. The van der Waals surface area contributed by atoms with Gasteiger partial charge in [0.2, 0.25) is 0 Å². The maximum atomic E-state index is 13.5. The average molecular weight is 890 g/mol. The summed E-state index contributed by atoms with van der Waals surface area (Å²) in [5.74, 6) is -1.17. The molecule has 0 unspecified atom stereocenters. The molecule has 4 aromatic rings. The Morgan fingerprint density at radius 3 is 1.67 bits per heavy atom. The SMILES string of the molecule is NC(=N[C@@H]1[C@H](O[C@@H]2O[C@H](CO)[C@@H](O)[C@H](O)[C@H]2N=C(N)Nc2cccc(C(F)(F)F)c2)[C@@H](N=C(N)Nc2cccc(C(F)(F)F)c2)CO[C@@H]1CO)Nc1ccc(-c2ccccc2)cc1. The highest BCUT2D eigenvalue weighted by Crippen LogP contribution is 2.34. The van der Waals surface area contributed by atoms with Crippen LogP contribution in [-0.4, -0.2) is 113 Å². The van der Waals surface area contributed by atoms with Gasteiger partial charge in [0.05, 0.1) is 30.9 Å². The lowest BCUT2D eigenvalue weighted by molar-refractivity contribution is -0.288. The second kappa shape index (κ2) is 20.0. The summed E-state index contributed by atoms with van der Waals surface area (Å²) in [7, 11) is 0. The fraction of sp³-hybridized carbons (Fsp3) is 0.341. The maximum Gasteiger partial charge on any atom is 0.416 e. The molecule has 9 atom stereocenters. The Balaban J connectivity index is 1.35. The quantitative estimate of drug-likeness (QED) is 0.0590. The fourth-order valence-corrected chi connectivity index (χ4v) is 6.89. The highest BCUT2D eigenvalue weighted by Gasteiger charge is 2.50. The van der Waals surface area contributed by atoms with Crippen LogP contribution in [0.25, 0.3) is 11.1 Å². The van der Waals surface area contributed by atoms with Crippen LogP contribution in [0.4, 0.5) is 43.4 Å². The van der Waals surface area contributed by atoms with Crippen molar-refractivity contribution in [1.29, 1.82) is 0 Å². The van der Waals surface area contributed by atoms with Crippen LogP contribution in [0.1, 0.15) is 11.1 Å². The van der Waals surface area contributed by atoms with Gasteiger partial charge in [-0.1, -0.05) is 54.6 Å². The van der Waals surface area contributed by atoms with Crippen LogP contribution in [0, 0.1) is 0 Å². The molecule has 0 aromatic heterocycles. The molecule has 0 radical (unpaired) electrons. The van der Waals surface area contributed by atoms with Crippen LogP contribution in [0.15, 0.2) is 118 Å². The van der Waals surface area contributed by atoms with Crippen molar-refractivity contribution in [3.63, 3.8) is 0 Å². The first kappa shape index (κ1) is 46.5. The molecule has 2 saturated heterocycles. The number of hydrogen-bond donors (Lipinski definition) is 10.